The van der Waals surface area contributed by atoms with Crippen molar-refractivity contribution in [1.82, 2.24) is 5.32 Å². The minimum Gasteiger partial charge on any atom is -0.375 e. The maximum atomic E-state index is 12.3. The lowest BCUT2D eigenvalue weighted by atomic mass is 10.0. The molecule has 130 valence electrons. The number of carbonyl (C=O) groups is 1. The van der Waals surface area contributed by atoms with Gasteiger partial charge in [-0.05, 0) is 30.2 Å². The van der Waals surface area contributed by atoms with Gasteiger partial charge in [0.05, 0.1) is 6.04 Å². The van der Waals surface area contributed by atoms with Gasteiger partial charge in [0.2, 0.25) is 5.91 Å². The van der Waals surface area contributed by atoms with Crippen LogP contribution in [0.25, 0.3) is 0 Å². The van der Waals surface area contributed by atoms with Crippen LogP contribution in [0.15, 0.2) is 54.6 Å². The standard InChI is InChI=1S/C18H21ClN2O2.ClH/c1-12(17(23-2)14-8-10-15(19)11-9-14)21-18(22)16(20)13-6-4-3-5-7-13;/h3-12,16-17H,20H2,1-2H3,(H,21,22);1H. The van der Waals surface area contributed by atoms with Gasteiger partial charge in [-0.15, -0.1) is 12.4 Å². The number of halogens is 2. The summed E-state index contributed by atoms with van der Waals surface area (Å²) >= 11 is 5.91. The molecule has 3 N–H and O–H groups in total. The zero-order valence-electron chi connectivity index (χ0n) is 13.6. The van der Waals surface area contributed by atoms with Crippen molar-refractivity contribution in [2.75, 3.05) is 7.11 Å². The molecular weight excluding hydrogens is 347 g/mol. The largest absolute Gasteiger partial charge is 0.375 e. The van der Waals surface area contributed by atoms with Gasteiger partial charge in [-0.1, -0.05) is 54.1 Å². The van der Waals surface area contributed by atoms with Crippen LogP contribution in [0.3, 0.4) is 0 Å². The third-order valence-electron chi connectivity index (χ3n) is 3.72. The van der Waals surface area contributed by atoms with Crippen molar-refractivity contribution < 1.29 is 9.53 Å². The van der Waals surface area contributed by atoms with Gasteiger partial charge >= 0.3 is 0 Å². The van der Waals surface area contributed by atoms with Gasteiger partial charge < -0.3 is 15.8 Å². The molecule has 0 aliphatic carbocycles. The van der Waals surface area contributed by atoms with Gasteiger partial charge in [0.15, 0.2) is 0 Å². The van der Waals surface area contributed by atoms with Crippen molar-refractivity contribution in [3.05, 3.63) is 70.7 Å². The maximum Gasteiger partial charge on any atom is 0.241 e. The SMILES string of the molecule is COC(c1ccc(Cl)cc1)C(C)NC(=O)C(N)c1ccccc1.Cl. The van der Waals surface area contributed by atoms with Gasteiger partial charge in [0.1, 0.15) is 12.1 Å². The van der Waals surface area contributed by atoms with E-state index < -0.39 is 6.04 Å². The first-order chi connectivity index (χ1) is 11.0. The number of hydrogen-bond donors (Lipinski definition) is 2. The van der Waals surface area contributed by atoms with E-state index in [0.717, 1.165) is 11.1 Å². The molecule has 0 bridgehead atoms. The average molecular weight is 369 g/mol. The Bertz CT molecular complexity index is 635. The minimum absolute atomic E-state index is 0. The molecule has 6 heteroatoms. The number of nitrogens with one attached hydrogen (secondary N) is 1. The lowest BCUT2D eigenvalue weighted by Gasteiger charge is -2.25. The molecule has 0 aliphatic heterocycles. The number of methoxy groups -OCH3 is 1. The number of carbonyl (C=O) groups excluding carboxylic acids is 1. The molecule has 2 aromatic carbocycles. The summed E-state index contributed by atoms with van der Waals surface area (Å²) in [5, 5.41) is 3.58. The monoisotopic (exact) mass is 368 g/mol. The predicted octanol–water partition coefficient (Wildman–Crippen LogP) is 3.65. The fraction of sp³-hybridized carbons (Fsp3) is 0.278. The van der Waals surface area contributed by atoms with Crippen molar-refractivity contribution in [2.24, 2.45) is 5.73 Å². The van der Waals surface area contributed by atoms with E-state index in [1.807, 2.05) is 49.4 Å². The van der Waals surface area contributed by atoms with Gasteiger partial charge in [-0.2, -0.15) is 0 Å². The van der Waals surface area contributed by atoms with Crippen molar-refractivity contribution in [1.29, 1.82) is 0 Å². The quantitative estimate of drug-likeness (QED) is 0.817. The van der Waals surface area contributed by atoms with Gasteiger partial charge in [0, 0.05) is 12.1 Å². The summed E-state index contributed by atoms with van der Waals surface area (Å²) in [6.45, 7) is 1.89. The Balaban J connectivity index is 0.00000288. The highest BCUT2D eigenvalue weighted by molar-refractivity contribution is 6.30. The molecule has 0 saturated carbocycles. The van der Waals surface area contributed by atoms with Crippen LogP contribution in [0.1, 0.15) is 30.2 Å². The second-order valence-electron chi connectivity index (χ2n) is 5.39. The topological polar surface area (TPSA) is 64.3 Å². The highest BCUT2D eigenvalue weighted by atomic mass is 35.5. The molecule has 0 radical (unpaired) electrons. The van der Waals surface area contributed by atoms with Crippen LogP contribution < -0.4 is 11.1 Å². The van der Waals surface area contributed by atoms with Crippen LogP contribution in [-0.4, -0.2) is 19.1 Å². The van der Waals surface area contributed by atoms with Gasteiger partial charge in [-0.3, -0.25) is 4.79 Å². The Morgan fingerprint density at radius 3 is 2.21 bits per heavy atom. The van der Waals surface area contributed by atoms with E-state index in [4.69, 9.17) is 22.1 Å². The molecule has 0 aliphatic rings. The molecule has 4 nitrogen and oxygen atoms in total. The molecule has 24 heavy (non-hydrogen) atoms. The number of rotatable bonds is 6. The normalized spacial score (nSPS) is 14.2. The Kier molecular flexibility index (Phi) is 8.22. The molecule has 3 unspecified atom stereocenters. The molecule has 0 fully saturated rings. The van der Waals surface area contributed by atoms with E-state index in [9.17, 15) is 4.79 Å². The lowest BCUT2D eigenvalue weighted by molar-refractivity contribution is -0.124. The van der Waals surface area contributed by atoms with E-state index in [1.165, 1.54) is 0 Å². The number of nitrogens with two attached hydrogens (primary N) is 1. The Labute approximate surface area is 153 Å². The summed E-state index contributed by atoms with van der Waals surface area (Å²) in [6.07, 6.45) is -0.279. The van der Waals surface area contributed by atoms with Crippen molar-refractivity contribution in [3.8, 4) is 0 Å². The predicted molar refractivity (Wildman–Crippen MR) is 99.4 cm³/mol. The van der Waals surface area contributed by atoms with E-state index >= 15 is 0 Å². The van der Waals surface area contributed by atoms with E-state index in [2.05, 4.69) is 5.32 Å². The molecule has 0 heterocycles. The highest BCUT2D eigenvalue weighted by Gasteiger charge is 2.23. The summed E-state index contributed by atoms with van der Waals surface area (Å²) in [6, 6.07) is 15.7. The summed E-state index contributed by atoms with van der Waals surface area (Å²) < 4.78 is 5.53. The minimum atomic E-state index is -0.707. The first-order valence-electron chi connectivity index (χ1n) is 7.42. The van der Waals surface area contributed by atoms with E-state index in [0.29, 0.717) is 5.02 Å². The molecule has 3 atom stereocenters. The number of hydrogen-bond acceptors (Lipinski definition) is 3. The Morgan fingerprint density at radius 1 is 1.08 bits per heavy atom. The van der Waals surface area contributed by atoms with Crippen molar-refractivity contribution >= 4 is 29.9 Å². The number of benzene rings is 2. The second kappa shape index (κ2) is 9.64. The van der Waals surface area contributed by atoms with Crippen molar-refractivity contribution in [2.45, 2.75) is 25.1 Å². The van der Waals surface area contributed by atoms with Crippen LogP contribution in [0.5, 0.6) is 0 Å². The zero-order chi connectivity index (χ0) is 16.8. The smallest absolute Gasteiger partial charge is 0.241 e. The van der Waals surface area contributed by atoms with Crippen LogP contribution in [-0.2, 0) is 9.53 Å². The molecule has 2 aromatic rings. The second-order valence-corrected chi connectivity index (χ2v) is 5.83. The van der Waals surface area contributed by atoms with Crippen LogP contribution in [0, 0.1) is 0 Å². The van der Waals surface area contributed by atoms with Gasteiger partial charge in [0.25, 0.3) is 0 Å². The van der Waals surface area contributed by atoms with Crippen LogP contribution >= 0.6 is 24.0 Å². The van der Waals surface area contributed by atoms with Crippen LogP contribution in [0.4, 0.5) is 0 Å². The molecule has 0 spiro atoms. The third kappa shape index (κ3) is 5.21. The molecule has 1 amide bonds. The third-order valence-corrected chi connectivity index (χ3v) is 3.97. The lowest BCUT2D eigenvalue weighted by Crippen LogP contribution is -2.42. The fourth-order valence-electron chi connectivity index (χ4n) is 2.48. The van der Waals surface area contributed by atoms with E-state index in [-0.39, 0.29) is 30.5 Å². The summed E-state index contributed by atoms with van der Waals surface area (Å²) in [7, 11) is 1.61. The van der Waals surface area contributed by atoms with Crippen LogP contribution in [0.2, 0.25) is 5.02 Å². The van der Waals surface area contributed by atoms with Crippen molar-refractivity contribution in [3.63, 3.8) is 0 Å². The fourth-order valence-corrected chi connectivity index (χ4v) is 2.61. The molecular formula is C18H22Cl2N2O2. The summed E-state index contributed by atoms with van der Waals surface area (Å²) in [5.41, 5.74) is 7.73. The zero-order valence-corrected chi connectivity index (χ0v) is 15.2. The molecule has 0 saturated heterocycles. The first-order valence-corrected chi connectivity index (χ1v) is 7.80. The molecule has 0 aromatic heterocycles. The summed E-state index contributed by atoms with van der Waals surface area (Å²) in [5.74, 6) is -0.236. The Hall–Kier alpha value is -1.59. The first kappa shape index (κ1) is 20.5. The molecule has 2 rings (SSSR count). The number of ether oxygens (including phenoxy) is 1. The maximum absolute atomic E-state index is 12.3. The number of amides is 1. The highest BCUT2D eigenvalue weighted by Crippen LogP contribution is 2.23. The van der Waals surface area contributed by atoms with Gasteiger partial charge in [-0.25, -0.2) is 0 Å². The Morgan fingerprint density at radius 2 is 1.67 bits per heavy atom. The summed E-state index contributed by atoms with van der Waals surface area (Å²) in [4.78, 5) is 12.3. The van der Waals surface area contributed by atoms with E-state index in [1.54, 1.807) is 19.2 Å². The average Bonchev–Trinajstić information content (AvgIpc) is 2.57.